The highest BCUT2D eigenvalue weighted by molar-refractivity contribution is 5.73. The van der Waals surface area contributed by atoms with Gasteiger partial charge in [-0.15, -0.1) is 0 Å². The van der Waals surface area contributed by atoms with Gasteiger partial charge < -0.3 is 25.3 Å². The van der Waals surface area contributed by atoms with Crippen LogP contribution in [0.3, 0.4) is 0 Å². The van der Waals surface area contributed by atoms with E-state index in [9.17, 15) is 9.59 Å². The summed E-state index contributed by atoms with van der Waals surface area (Å²) in [4.78, 5) is 24.6. The van der Waals surface area contributed by atoms with E-state index in [4.69, 9.17) is 19.9 Å². The molecule has 0 aromatic heterocycles. The Kier molecular flexibility index (Phi) is 8.50. The zero-order valence-electron chi connectivity index (χ0n) is 15.7. The molecule has 1 saturated heterocycles. The van der Waals surface area contributed by atoms with Crippen LogP contribution in [0, 0.1) is 0 Å². The molecule has 0 spiro atoms. The van der Waals surface area contributed by atoms with E-state index >= 15 is 0 Å². The monoisotopic (exact) mass is 369 g/mol. The van der Waals surface area contributed by atoms with Gasteiger partial charge in [0.05, 0.1) is 31.4 Å². The van der Waals surface area contributed by atoms with Crippen LogP contribution in [0.4, 0.5) is 0 Å². The normalized spacial score (nSPS) is 29.7. The summed E-state index contributed by atoms with van der Waals surface area (Å²) >= 11 is 0. The van der Waals surface area contributed by atoms with Gasteiger partial charge in [-0.2, -0.15) is 0 Å². The van der Waals surface area contributed by atoms with Gasteiger partial charge in [0.1, 0.15) is 5.76 Å². The van der Waals surface area contributed by atoms with Gasteiger partial charge in [-0.05, 0) is 32.4 Å². The van der Waals surface area contributed by atoms with Crippen molar-refractivity contribution in [2.75, 3.05) is 32.9 Å². The van der Waals surface area contributed by atoms with Crippen molar-refractivity contribution in [1.82, 2.24) is 10.2 Å². The lowest BCUT2D eigenvalue weighted by Gasteiger charge is -2.44. The molecule has 0 saturated carbocycles. The molecule has 26 heavy (non-hydrogen) atoms. The number of amides is 1. The standard InChI is InChI=1S/C18H31N3O5/c1-3-24-7-8-25-14-5-4-6-21(11-14)17-10-15(26-12-22)9-16(19)18(17)20-13(2)23/h10,12,14,16-18H,3-9,11,19H2,1-2H3,(H,20,23)/t14-,16+,17-,18-/m1/s1. The first-order valence-corrected chi connectivity index (χ1v) is 9.32. The molecule has 0 aromatic carbocycles. The van der Waals surface area contributed by atoms with Crippen LogP contribution in [0.5, 0.6) is 0 Å². The van der Waals surface area contributed by atoms with Crippen molar-refractivity contribution < 1.29 is 23.8 Å². The van der Waals surface area contributed by atoms with E-state index in [1.807, 2.05) is 13.0 Å². The number of likely N-dealkylation sites (tertiary alicyclic amines) is 1. The summed E-state index contributed by atoms with van der Waals surface area (Å²) < 4.78 is 16.3. The van der Waals surface area contributed by atoms with Gasteiger partial charge in [-0.3, -0.25) is 14.5 Å². The van der Waals surface area contributed by atoms with Crippen LogP contribution in [0.2, 0.25) is 0 Å². The zero-order valence-corrected chi connectivity index (χ0v) is 15.7. The summed E-state index contributed by atoms with van der Waals surface area (Å²) in [5.74, 6) is 0.434. The lowest BCUT2D eigenvalue weighted by molar-refractivity contribution is -0.126. The molecular weight excluding hydrogens is 338 g/mol. The van der Waals surface area contributed by atoms with E-state index in [1.54, 1.807) is 0 Å². The van der Waals surface area contributed by atoms with Crippen molar-refractivity contribution in [3.05, 3.63) is 11.8 Å². The number of carbonyl (C=O) groups excluding carboxylic acids is 2. The molecule has 0 radical (unpaired) electrons. The smallest absolute Gasteiger partial charge is 0.298 e. The lowest BCUT2D eigenvalue weighted by atomic mass is 9.88. The van der Waals surface area contributed by atoms with Crippen LogP contribution in [0.15, 0.2) is 11.8 Å². The van der Waals surface area contributed by atoms with Crippen molar-refractivity contribution in [3.63, 3.8) is 0 Å². The van der Waals surface area contributed by atoms with Crippen molar-refractivity contribution >= 4 is 12.4 Å². The van der Waals surface area contributed by atoms with Gasteiger partial charge >= 0.3 is 0 Å². The molecule has 2 rings (SSSR count). The van der Waals surface area contributed by atoms with Crippen molar-refractivity contribution in [1.29, 1.82) is 0 Å². The molecule has 1 aliphatic heterocycles. The molecule has 148 valence electrons. The number of carbonyl (C=O) groups is 2. The third kappa shape index (κ3) is 6.05. The second kappa shape index (κ2) is 10.6. The highest BCUT2D eigenvalue weighted by Gasteiger charge is 2.38. The molecule has 1 heterocycles. The fraction of sp³-hybridized carbons (Fsp3) is 0.778. The van der Waals surface area contributed by atoms with E-state index in [1.165, 1.54) is 6.92 Å². The van der Waals surface area contributed by atoms with Crippen LogP contribution in [0.1, 0.15) is 33.1 Å². The molecule has 0 unspecified atom stereocenters. The average Bonchev–Trinajstić information content (AvgIpc) is 2.61. The summed E-state index contributed by atoms with van der Waals surface area (Å²) in [6.07, 6.45) is 4.43. The maximum atomic E-state index is 11.6. The fourth-order valence-electron chi connectivity index (χ4n) is 3.67. The van der Waals surface area contributed by atoms with Crippen LogP contribution < -0.4 is 11.1 Å². The van der Waals surface area contributed by atoms with Crippen LogP contribution in [0.25, 0.3) is 0 Å². The molecule has 1 aliphatic carbocycles. The fourth-order valence-corrected chi connectivity index (χ4v) is 3.67. The lowest BCUT2D eigenvalue weighted by Crippen LogP contribution is -2.62. The number of nitrogens with two attached hydrogens (primary N) is 1. The average molecular weight is 369 g/mol. The van der Waals surface area contributed by atoms with Crippen molar-refractivity contribution in [2.45, 2.75) is 57.3 Å². The van der Waals surface area contributed by atoms with E-state index < -0.39 is 0 Å². The highest BCUT2D eigenvalue weighted by atomic mass is 16.5. The Morgan fingerprint density at radius 3 is 2.96 bits per heavy atom. The Morgan fingerprint density at radius 1 is 1.46 bits per heavy atom. The molecule has 3 N–H and O–H groups in total. The first kappa shape index (κ1) is 20.8. The molecule has 0 aromatic rings. The molecule has 4 atom stereocenters. The van der Waals surface area contributed by atoms with Gasteiger partial charge in [-0.25, -0.2) is 0 Å². The predicted molar refractivity (Wildman–Crippen MR) is 96.3 cm³/mol. The maximum absolute atomic E-state index is 11.6. The van der Waals surface area contributed by atoms with Crippen molar-refractivity contribution in [2.24, 2.45) is 5.73 Å². The first-order valence-electron chi connectivity index (χ1n) is 9.32. The summed E-state index contributed by atoms with van der Waals surface area (Å²) in [5, 5.41) is 2.96. The summed E-state index contributed by atoms with van der Waals surface area (Å²) in [5.41, 5.74) is 6.27. The summed E-state index contributed by atoms with van der Waals surface area (Å²) in [6, 6.07) is -0.673. The van der Waals surface area contributed by atoms with Gasteiger partial charge in [0.25, 0.3) is 6.47 Å². The third-order valence-corrected chi connectivity index (χ3v) is 4.81. The minimum atomic E-state index is -0.317. The first-order chi connectivity index (χ1) is 12.5. The Bertz CT molecular complexity index is 499. The Balaban J connectivity index is 2.05. The number of nitrogens with zero attached hydrogens (tertiary/aromatic N) is 1. The third-order valence-electron chi connectivity index (χ3n) is 4.81. The summed E-state index contributed by atoms with van der Waals surface area (Å²) in [7, 11) is 0. The highest BCUT2D eigenvalue weighted by Crippen LogP contribution is 2.26. The minimum absolute atomic E-state index is 0.115. The SMILES string of the molecule is CCOCCO[C@@H]1CCCN([C@@H]2C=C(OC=O)C[C@H](N)[C@H]2NC(C)=O)C1. The molecule has 2 aliphatic rings. The molecule has 1 amide bonds. The summed E-state index contributed by atoms with van der Waals surface area (Å²) in [6.45, 7) is 7.33. The largest absolute Gasteiger partial charge is 0.434 e. The van der Waals surface area contributed by atoms with E-state index in [0.29, 0.717) is 38.5 Å². The van der Waals surface area contributed by atoms with Crippen molar-refractivity contribution in [3.8, 4) is 0 Å². The van der Waals surface area contributed by atoms with Gasteiger partial charge in [0, 0.05) is 32.5 Å². The predicted octanol–water partition coefficient (Wildman–Crippen LogP) is 0.165. The van der Waals surface area contributed by atoms with E-state index in [-0.39, 0.29) is 30.1 Å². The van der Waals surface area contributed by atoms with Gasteiger partial charge in [0.15, 0.2) is 0 Å². The number of piperidine rings is 1. The van der Waals surface area contributed by atoms with Crippen LogP contribution in [-0.2, 0) is 23.8 Å². The number of hydrogen-bond donors (Lipinski definition) is 2. The van der Waals surface area contributed by atoms with Gasteiger partial charge in [-0.1, -0.05) is 0 Å². The minimum Gasteiger partial charge on any atom is -0.434 e. The topological polar surface area (TPSA) is 103 Å². The van der Waals surface area contributed by atoms with E-state index in [2.05, 4.69) is 10.2 Å². The molecular formula is C18H31N3O5. The van der Waals surface area contributed by atoms with Crippen LogP contribution >= 0.6 is 0 Å². The van der Waals surface area contributed by atoms with E-state index in [0.717, 1.165) is 25.9 Å². The number of rotatable bonds is 9. The quantitative estimate of drug-likeness (QED) is 0.441. The number of ether oxygens (including phenoxy) is 3. The number of nitrogens with one attached hydrogen (secondary N) is 1. The Hall–Kier alpha value is -1.48. The Labute approximate surface area is 155 Å². The molecule has 1 fully saturated rings. The second-order valence-electron chi connectivity index (χ2n) is 6.76. The second-order valence-corrected chi connectivity index (χ2v) is 6.76. The molecule has 8 nitrogen and oxygen atoms in total. The van der Waals surface area contributed by atoms with Gasteiger partial charge in [0.2, 0.25) is 5.91 Å². The Morgan fingerprint density at radius 2 is 2.27 bits per heavy atom. The van der Waals surface area contributed by atoms with Crippen LogP contribution in [-0.4, -0.2) is 74.4 Å². The number of hydrogen-bond acceptors (Lipinski definition) is 7. The molecule has 8 heteroatoms. The maximum Gasteiger partial charge on any atom is 0.298 e. The molecule has 0 bridgehead atoms. The zero-order chi connectivity index (χ0) is 18.9.